The van der Waals surface area contributed by atoms with Crippen LogP contribution >= 0.6 is 11.8 Å². The van der Waals surface area contributed by atoms with E-state index in [-0.39, 0.29) is 11.9 Å². The Bertz CT molecular complexity index is 315. The molecule has 0 saturated carbocycles. The summed E-state index contributed by atoms with van der Waals surface area (Å²) in [6.45, 7) is 3.82. The standard InChI is InChI=1S/C12H18FNS/c1-8-6-9(2)12(10(13)7-8)11(14)4-5-15-3/h6-7,11H,4-5,14H2,1-3H3. The third kappa shape index (κ3) is 3.21. The zero-order chi connectivity index (χ0) is 11.4. The Morgan fingerprint density at radius 3 is 2.60 bits per heavy atom. The van der Waals surface area contributed by atoms with Crippen LogP contribution in [0.4, 0.5) is 4.39 Å². The molecule has 3 heteroatoms. The van der Waals surface area contributed by atoms with Crippen molar-refractivity contribution < 1.29 is 4.39 Å². The molecule has 0 heterocycles. The molecule has 0 aliphatic heterocycles. The van der Waals surface area contributed by atoms with Crippen LogP contribution in [0, 0.1) is 19.7 Å². The summed E-state index contributed by atoms with van der Waals surface area (Å²) < 4.78 is 13.7. The Kier molecular flexibility index (Phi) is 4.61. The fourth-order valence-corrected chi connectivity index (χ4v) is 2.28. The van der Waals surface area contributed by atoms with Crippen molar-refractivity contribution in [3.8, 4) is 0 Å². The van der Waals surface area contributed by atoms with Gasteiger partial charge in [-0.05, 0) is 49.5 Å². The highest BCUT2D eigenvalue weighted by Gasteiger charge is 2.14. The Balaban J connectivity index is 2.92. The summed E-state index contributed by atoms with van der Waals surface area (Å²) in [5.74, 6) is 0.801. The van der Waals surface area contributed by atoms with E-state index in [0.717, 1.165) is 23.3 Å². The Hall–Kier alpha value is -0.540. The minimum atomic E-state index is -0.182. The number of nitrogens with two attached hydrogens (primary N) is 1. The smallest absolute Gasteiger partial charge is 0.128 e. The van der Waals surface area contributed by atoms with Crippen LogP contribution in [-0.2, 0) is 0 Å². The van der Waals surface area contributed by atoms with Crippen LogP contribution in [0.15, 0.2) is 12.1 Å². The molecule has 1 nitrogen and oxygen atoms in total. The number of aryl methyl sites for hydroxylation is 2. The van der Waals surface area contributed by atoms with E-state index < -0.39 is 0 Å². The predicted molar refractivity (Wildman–Crippen MR) is 65.8 cm³/mol. The normalized spacial score (nSPS) is 12.9. The molecule has 1 unspecified atom stereocenters. The lowest BCUT2D eigenvalue weighted by Gasteiger charge is -2.15. The van der Waals surface area contributed by atoms with E-state index in [1.54, 1.807) is 17.8 Å². The quantitative estimate of drug-likeness (QED) is 0.855. The van der Waals surface area contributed by atoms with Gasteiger partial charge < -0.3 is 5.73 Å². The molecule has 1 aromatic rings. The number of thioether (sulfide) groups is 1. The molecule has 0 spiro atoms. The van der Waals surface area contributed by atoms with Gasteiger partial charge in [-0.2, -0.15) is 11.8 Å². The van der Waals surface area contributed by atoms with Crippen molar-refractivity contribution in [2.24, 2.45) is 5.73 Å². The van der Waals surface area contributed by atoms with Gasteiger partial charge >= 0.3 is 0 Å². The first-order valence-electron chi connectivity index (χ1n) is 5.07. The van der Waals surface area contributed by atoms with Crippen molar-refractivity contribution in [1.82, 2.24) is 0 Å². The molecule has 1 atom stereocenters. The van der Waals surface area contributed by atoms with Crippen LogP contribution < -0.4 is 5.73 Å². The Labute approximate surface area is 95.2 Å². The van der Waals surface area contributed by atoms with E-state index in [9.17, 15) is 4.39 Å². The molecule has 0 fully saturated rings. The molecule has 0 aromatic heterocycles. The maximum absolute atomic E-state index is 13.7. The summed E-state index contributed by atoms with van der Waals surface area (Å²) >= 11 is 1.74. The summed E-state index contributed by atoms with van der Waals surface area (Å²) in [5, 5.41) is 0. The minimum Gasteiger partial charge on any atom is -0.324 e. The largest absolute Gasteiger partial charge is 0.324 e. The highest BCUT2D eigenvalue weighted by Crippen LogP contribution is 2.24. The summed E-state index contributed by atoms with van der Waals surface area (Å²) in [4.78, 5) is 0. The zero-order valence-electron chi connectivity index (χ0n) is 9.51. The van der Waals surface area contributed by atoms with Crippen LogP contribution in [0.3, 0.4) is 0 Å². The molecule has 0 aliphatic carbocycles. The van der Waals surface area contributed by atoms with Gasteiger partial charge in [0.2, 0.25) is 0 Å². The maximum atomic E-state index is 13.7. The van der Waals surface area contributed by atoms with Crippen LogP contribution in [0.1, 0.15) is 29.2 Å². The van der Waals surface area contributed by atoms with Gasteiger partial charge in [0.05, 0.1) is 0 Å². The van der Waals surface area contributed by atoms with Crippen LogP contribution in [0.2, 0.25) is 0 Å². The van der Waals surface area contributed by atoms with Gasteiger partial charge in [0, 0.05) is 11.6 Å². The molecule has 0 bridgehead atoms. The Morgan fingerprint density at radius 2 is 2.07 bits per heavy atom. The second kappa shape index (κ2) is 5.52. The average molecular weight is 227 g/mol. The van der Waals surface area contributed by atoms with Crippen molar-refractivity contribution in [2.45, 2.75) is 26.3 Å². The molecule has 0 aliphatic rings. The third-order valence-electron chi connectivity index (χ3n) is 2.48. The molecule has 0 amide bonds. The molecule has 2 N–H and O–H groups in total. The minimum absolute atomic E-state index is 0.166. The predicted octanol–water partition coefficient (Wildman–Crippen LogP) is 3.20. The molecule has 1 aromatic carbocycles. The topological polar surface area (TPSA) is 26.0 Å². The van der Waals surface area contributed by atoms with Crippen molar-refractivity contribution >= 4 is 11.8 Å². The average Bonchev–Trinajstić information content (AvgIpc) is 2.12. The van der Waals surface area contributed by atoms with E-state index in [1.807, 2.05) is 26.2 Å². The van der Waals surface area contributed by atoms with Crippen molar-refractivity contribution in [3.63, 3.8) is 0 Å². The SMILES string of the molecule is CSCCC(N)c1c(C)cc(C)cc1F. The van der Waals surface area contributed by atoms with E-state index in [1.165, 1.54) is 0 Å². The van der Waals surface area contributed by atoms with E-state index in [4.69, 9.17) is 5.73 Å². The first-order valence-corrected chi connectivity index (χ1v) is 6.46. The first kappa shape index (κ1) is 12.5. The lowest BCUT2D eigenvalue weighted by molar-refractivity contribution is 0.573. The molecule has 1 rings (SSSR count). The van der Waals surface area contributed by atoms with E-state index >= 15 is 0 Å². The number of rotatable bonds is 4. The van der Waals surface area contributed by atoms with Crippen molar-refractivity contribution in [1.29, 1.82) is 0 Å². The monoisotopic (exact) mass is 227 g/mol. The summed E-state index contributed by atoms with van der Waals surface area (Å²) in [6.07, 6.45) is 2.85. The first-order chi connectivity index (χ1) is 7.06. The van der Waals surface area contributed by atoms with Gasteiger partial charge in [-0.15, -0.1) is 0 Å². The van der Waals surface area contributed by atoms with E-state index in [2.05, 4.69) is 0 Å². The summed E-state index contributed by atoms with van der Waals surface area (Å²) in [5.41, 5.74) is 8.56. The second-order valence-corrected chi connectivity index (χ2v) is 4.85. The molecular weight excluding hydrogens is 209 g/mol. The van der Waals surface area contributed by atoms with Crippen molar-refractivity contribution in [3.05, 3.63) is 34.6 Å². The van der Waals surface area contributed by atoms with Gasteiger partial charge in [0.1, 0.15) is 5.82 Å². The summed E-state index contributed by atoms with van der Waals surface area (Å²) in [7, 11) is 0. The fourth-order valence-electron chi connectivity index (χ4n) is 1.79. The Morgan fingerprint density at radius 1 is 1.40 bits per heavy atom. The van der Waals surface area contributed by atoms with Gasteiger partial charge in [-0.1, -0.05) is 6.07 Å². The van der Waals surface area contributed by atoms with Gasteiger partial charge in [0.25, 0.3) is 0 Å². The molecule has 0 saturated heterocycles. The van der Waals surface area contributed by atoms with E-state index in [0.29, 0.717) is 5.56 Å². The van der Waals surface area contributed by atoms with Crippen LogP contribution in [-0.4, -0.2) is 12.0 Å². The molecule has 84 valence electrons. The van der Waals surface area contributed by atoms with Gasteiger partial charge in [-0.25, -0.2) is 4.39 Å². The summed E-state index contributed by atoms with van der Waals surface area (Å²) in [6, 6.07) is 3.36. The number of halogens is 1. The number of benzene rings is 1. The molecule has 15 heavy (non-hydrogen) atoms. The van der Waals surface area contributed by atoms with Crippen LogP contribution in [0.25, 0.3) is 0 Å². The lowest BCUT2D eigenvalue weighted by atomic mass is 9.97. The number of hydrogen-bond acceptors (Lipinski definition) is 2. The van der Waals surface area contributed by atoms with Gasteiger partial charge in [-0.3, -0.25) is 0 Å². The highest BCUT2D eigenvalue weighted by atomic mass is 32.2. The zero-order valence-corrected chi connectivity index (χ0v) is 10.3. The third-order valence-corrected chi connectivity index (χ3v) is 3.13. The maximum Gasteiger partial charge on any atom is 0.128 e. The van der Waals surface area contributed by atoms with Gasteiger partial charge in [0.15, 0.2) is 0 Å². The second-order valence-electron chi connectivity index (χ2n) is 3.87. The van der Waals surface area contributed by atoms with Crippen molar-refractivity contribution in [2.75, 3.05) is 12.0 Å². The number of hydrogen-bond donors (Lipinski definition) is 1. The lowest BCUT2D eigenvalue weighted by Crippen LogP contribution is -2.14. The van der Waals surface area contributed by atoms with Crippen LogP contribution in [0.5, 0.6) is 0 Å². The fraction of sp³-hybridized carbons (Fsp3) is 0.500. The molecule has 0 radical (unpaired) electrons. The molecular formula is C12H18FNS. The highest BCUT2D eigenvalue weighted by molar-refractivity contribution is 7.98.